The lowest BCUT2D eigenvalue weighted by atomic mass is 10.2. The predicted octanol–water partition coefficient (Wildman–Crippen LogP) is 2.72. The van der Waals surface area contributed by atoms with Crippen LogP contribution < -0.4 is 4.74 Å². The molecule has 1 aliphatic carbocycles. The summed E-state index contributed by atoms with van der Waals surface area (Å²) in [5.74, 6) is 1.63. The van der Waals surface area contributed by atoms with Crippen molar-refractivity contribution in [2.75, 3.05) is 40.3 Å². The van der Waals surface area contributed by atoms with E-state index in [-0.39, 0.29) is 11.7 Å². The third-order valence-electron chi connectivity index (χ3n) is 5.07. The second kappa shape index (κ2) is 7.44. The number of nitrogens with zero attached hydrogens (tertiary/aromatic N) is 3. The van der Waals surface area contributed by atoms with Crippen LogP contribution in [0.4, 0.5) is 13.2 Å². The fourth-order valence-corrected chi connectivity index (χ4v) is 3.65. The van der Waals surface area contributed by atoms with Crippen molar-refractivity contribution in [3.63, 3.8) is 0 Å². The average molecular weight is 370 g/mol. The molecule has 3 rings (SSSR count). The van der Waals surface area contributed by atoms with E-state index in [2.05, 4.69) is 15.0 Å². The molecule has 0 radical (unpaired) electrons. The van der Waals surface area contributed by atoms with E-state index in [0.717, 1.165) is 19.6 Å². The summed E-state index contributed by atoms with van der Waals surface area (Å²) in [6.07, 6.45) is -4.68. The second-order valence-corrected chi connectivity index (χ2v) is 7.23. The van der Waals surface area contributed by atoms with E-state index in [1.54, 1.807) is 25.1 Å². The van der Waals surface area contributed by atoms with Crippen molar-refractivity contribution in [2.45, 2.75) is 12.9 Å². The average Bonchev–Trinajstić information content (AvgIpc) is 2.99. The number of carbonyl (C=O) groups excluding carboxylic acids is 1. The first-order chi connectivity index (χ1) is 12.2. The van der Waals surface area contributed by atoms with Crippen molar-refractivity contribution in [3.05, 3.63) is 35.1 Å². The van der Waals surface area contributed by atoms with Crippen molar-refractivity contribution < 1.29 is 22.7 Å². The normalized spacial score (nSPS) is 25.0. The molecule has 1 aliphatic heterocycles. The van der Waals surface area contributed by atoms with E-state index < -0.39 is 6.36 Å². The van der Waals surface area contributed by atoms with E-state index in [1.165, 1.54) is 18.2 Å². The highest BCUT2D eigenvalue weighted by molar-refractivity contribution is 5.77. The minimum absolute atomic E-state index is 0.119. The molecule has 0 N–H and O–H groups in total. The first-order valence-electron chi connectivity index (χ1n) is 8.63. The van der Waals surface area contributed by atoms with E-state index in [1.807, 2.05) is 0 Å². The van der Waals surface area contributed by atoms with Crippen molar-refractivity contribution in [2.24, 2.45) is 17.8 Å². The number of hydrogen-bond donors (Lipinski definition) is 0. The highest BCUT2D eigenvalue weighted by atomic mass is 19.4. The van der Waals surface area contributed by atoms with Gasteiger partial charge in [0.25, 0.3) is 0 Å². The molecule has 5 nitrogen and oxygen atoms in total. The molecule has 1 heterocycles. The minimum atomic E-state index is -4.68. The van der Waals surface area contributed by atoms with Gasteiger partial charge in [-0.2, -0.15) is 0 Å². The van der Waals surface area contributed by atoms with Crippen LogP contribution >= 0.6 is 0 Å². The van der Waals surface area contributed by atoms with Crippen LogP contribution in [0.15, 0.2) is 24.3 Å². The Morgan fingerprint density at radius 3 is 2.62 bits per heavy atom. The number of rotatable bonds is 7. The summed E-state index contributed by atoms with van der Waals surface area (Å²) < 4.78 is 40.7. The molecule has 1 aromatic carbocycles. The van der Waals surface area contributed by atoms with E-state index in [4.69, 9.17) is 0 Å². The molecule has 0 spiro atoms. The van der Waals surface area contributed by atoms with Gasteiger partial charge in [-0.3, -0.25) is 9.69 Å². The smallest absolute Gasteiger partial charge is 0.573 e. The maximum atomic E-state index is 12.3. The lowest BCUT2D eigenvalue weighted by Gasteiger charge is -2.24. The molecule has 8 heteroatoms. The Labute approximate surface area is 151 Å². The topological polar surface area (TPSA) is 46.9 Å². The van der Waals surface area contributed by atoms with Gasteiger partial charge < -0.3 is 15.0 Å². The van der Waals surface area contributed by atoms with E-state index in [9.17, 15) is 18.0 Å². The molecule has 26 heavy (non-hydrogen) atoms. The van der Waals surface area contributed by atoms with Gasteiger partial charge in [-0.25, -0.2) is 0 Å². The predicted molar refractivity (Wildman–Crippen MR) is 90.7 cm³/mol. The van der Waals surface area contributed by atoms with Crippen LogP contribution in [0.3, 0.4) is 0 Å². The summed E-state index contributed by atoms with van der Waals surface area (Å²) >= 11 is 0. The van der Waals surface area contributed by atoms with Crippen LogP contribution in [0.2, 0.25) is 0 Å². The van der Waals surface area contributed by atoms with Crippen LogP contribution in [0.25, 0.3) is 5.32 Å². The van der Waals surface area contributed by atoms with Crippen LogP contribution in [-0.2, 0) is 11.3 Å². The van der Waals surface area contributed by atoms with Crippen molar-refractivity contribution >= 4 is 5.91 Å². The maximum absolute atomic E-state index is 12.3. The van der Waals surface area contributed by atoms with Crippen LogP contribution in [-0.4, -0.2) is 62.3 Å². The van der Waals surface area contributed by atoms with E-state index >= 15 is 0 Å². The van der Waals surface area contributed by atoms with Crippen LogP contribution in [0.1, 0.15) is 5.56 Å². The number of likely N-dealkylation sites (tertiary alicyclic amines) is 1. The number of fused-ring (bicyclic) bond motifs is 1. The van der Waals surface area contributed by atoms with Crippen molar-refractivity contribution in [3.8, 4) is 5.75 Å². The molecule has 2 unspecified atom stereocenters. The Bertz CT molecular complexity index is 639. The first kappa shape index (κ1) is 19.0. The van der Waals surface area contributed by atoms with Crippen molar-refractivity contribution in [1.29, 1.82) is 0 Å². The first-order valence-corrected chi connectivity index (χ1v) is 8.63. The molecule has 1 saturated carbocycles. The van der Waals surface area contributed by atoms with Crippen molar-refractivity contribution in [1.82, 2.24) is 9.80 Å². The summed E-state index contributed by atoms with van der Waals surface area (Å²) in [7, 11) is 3.52. The number of hydrogen-bond acceptors (Lipinski definition) is 3. The zero-order valence-corrected chi connectivity index (χ0v) is 14.9. The van der Waals surface area contributed by atoms with Crippen LogP contribution in [0.5, 0.6) is 5.75 Å². The van der Waals surface area contributed by atoms with Gasteiger partial charge in [0.2, 0.25) is 5.91 Å². The molecular formula is C18H23F3N3O2-. The molecule has 0 bridgehead atoms. The van der Waals surface area contributed by atoms with Gasteiger partial charge in [-0.05, 0) is 24.0 Å². The van der Waals surface area contributed by atoms with Gasteiger partial charge >= 0.3 is 6.36 Å². The largest absolute Gasteiger partial charge is 0.658 e. The summed E-state index contributed by atoms with van der Waals surface area (Å²) in [4.78, 5) is 15.5. The Hall–Kier alpha value is -1.80. The Morgan fingerprint density at radius 2 is 2.00 bits per heavy atom. The number of amides is 1. The molecule has 1 aromatic rings. The molecule has 1 saturated heterocycles. The number of ether oxygens (including phenoxy) is 1. The fraction of sp³-hybridized carbons (Fsp3) is 0.611. The summed E-state index contributed by atoms with van der Waals surface area (Å²) in [6.45, 7) is 3.43. The van der Waals surface area contributed by atoms with Gasteiger partial charge in [0, 0.05) is 27.2 Å². The van der Waals surface area contributed by atoms with Gasteiger partial charge in [-0.15, -0.1) is 26.3 Å². The number of alkyl halides is 3. The molecule has 0 aromatic heterocycles. The highest BCUT2D eigenvalue weighted by Gasteiger charge is 2.53. The van der Waals surface area contributed by atoms with Gasteiger partial charge in [0.15, 0.2) is 0 Å². The summed E-state index contributed by atoms with van der Waals surface area (Å²) in [5.41, 5.74) is 0.704. The SMILES string of the molecule is CN(C)C(=O)CN1CC2C(C[N-]Cc3cccc(OC(F)(F)F)c3)C2C1. The summed E-state index contributed by atoms with van der Waals surface area (Å²) in [6, 6.07) is 5.94. The minimum Gasteiger partial charge on any atom is -0.658 e. The number of carbonyl (C=O) groups is 1. The quantitative estimate of drug-likeness (QED) is 0.742. The zero-order chi connectivity index (χ0) is 18.9. The maximum Gasteiger partial charge on any atom is 0.573 e. The number of halogens is 3. The standard InChI is InChI=1S/C18H23F3N3O2/c1-23(2)17(25)11-24-9-15-14(16(15)10-24)8-22-7-12-4-3-5-13(6-12)26-18(19,20)21/h3-6,14-16H,7-11H2,1-2H3/q-1. The lowest BCUT2D eigenvalue weighted by Crippen LogP contribution is -2.37. The molecule has 2 aliphatic rings. The molecule has 2 fully saturated rings. The summed E-state index contributed by atoms with van der Waals surface area (Å²) in [5, 5.41) is 4.51. The second-order valence-electron chi connectivity index (χ2n) is 7.23. The van der Waals surface area contributed by atoms with Crippen LogP contribution in [0, 0.1) is 17.8 Å². The zero-order valence-electron chi connectivity index (χ0n) is 14.9. The number of likely N-dealkylation sites (N-methyl/N-ethyl adjacent to an activating group) is 1. The number of benzene rings is 1. The van der Waals surface area contributed by atoms with Gasteiger partial charge in [-0.1, -0.05) is 23.6 Å². The highest BCUT2D eigenvalue weighted by Crippen LogP contribution is 2.52. The third kappa shape index (κ3) is 4.88. The molecule has 1 amide bonds. The fourth-order valence-electron chi connectivity index (χ4n) is 3.65. The Morgan fingerprint density at radius 1 is 1.31 bits per heavy atom. The Kier molecular flexibility index (Phi) is 5.43. The number of piperidine rings is 1. The van der Waals surface area contributed by atoms with E-state index in [0.29, 0.717) is 36.4 Å². The Balaban J connectivity index is 1.38. The molecule has 144 valence electrons. The van der Waals surface area contributed by atoms with Gasteiger partial charge in [0.05, 0.1) is 6.54 Å². The monoisotopic (exact) mass is 370 g/mol. The third-order valence-corrected chi connectivity index (χ3v) is 5.07. The molecule has 2 atom stereocenters. The lowest BCUT2D eigenvalue weighted by molar-refractivity contribution is -0.274. The van der Waals surface area contributed by atoms with Gasteiger partial charge in [0.1, 0.15) is 5.75 Å². The molecular weight excluding hydrogens is 347 g/mol.